The Bertz CT molecular complexity index is 654. The molecule has 5 nitrogen and oxygen atoms in total. The fourth-order valence-corrected chi connectivity index (χ4v) is 3.04. The molecule has 0 aliphatic carbocycles. The van der Waals surface area contributed by atoms with Crippen LogP contribution in [-0.2, 0) is 4.79 Å². The molecule has 3 rings (SSSR count). The van der Waals surface area contributed by atoms with Crippen molar-refractivity contribution in [3.63, 3.8) is 0 Å². The molecule has 1 aliphatic rings. The van der Waals surface area contributed by atoms with E-state index in [0.29, 0.717) is 18.1 Å². The number of piperidine rings is 1. The zero-order chi connectivity index (χ0) is 15.5. The first-order valence-electron chi connectivity index (χ1n) is 7.58. The van der Waals surface area contributed by atoms with Gasteiger partial charge >= 0.3 is 0 Å². The van der Waals surface area contributed by atoms with Gasteiger partial charge in [-0.05, 0) is 43.5 Å². The average molecular weight is 364 g/mol. The SMILES string of the molecule is CCC(=O)N1CCCCC1c1nc(-c2ccc(Br)cc2)no1. The van der Waals surface area contributed by atoms with Crippen LogP contribution >= 0.6 is 15.9 Å². The molecule has 1 fully saturated rings. The Hall–Kier alpha value is -1.69. The Morgan fingerprint density at radius 1 is 1.36 bits per heavy atom. The number of nitrogens with zero attached hydrogens (tertiary/aromatic N) is 3. The second kappa shape index (κ2) is 6.60. The summed E-state index contributed by atoms with van der Waals surface area (Å²) in [6.07, 6.45) is 3.50. The van der Waals surface area contributed by atoms with Crippen molar-refractivity contribution in [3.05, 3.63) is 34.6 Å². The van der Waals surface area contributed by atoms with E-state index in [1.165, 1.54) is 0 Å². The first kappa shape index (κ1) is 15.2. The smallest absolute Gasteiger partial charge is 0.249 e. The zero-order valence-corrected chi connectivity index (χ0v) is 14.0. The lowest BCUT2D eigenvalue weighted by Crippen LogP contribution is -2.38. The van der Waals surface area contributed by atoms with Crippen molar-refractivity contribution in [2.45, 2.75) is 38.6 Å². The molecule has 1 aromatic heterocycles. The lowest BCUT2D eigenvalue weighted by molar-refractivity contribution is -0.135. The third kappa shape index (κ3) is 3.06. The molecule has 0 saturated carbocycles. The minimum Gasteiger partial charge on any atom is -0.337 e. The number of aromatic nitrogens is 2. The summed E-state index contributed by atoms with van der Waals surface area (Å²) in [5.41, 5.74) is 0.905. The lowest BCUT2D eigenvalue weighted by atomic mass is 10.0. The van der Waals surface area contributed by atoms with Gasteiger partial charge in [0.05, 0.1) is 0 Å². The third-order valence-corrected chi connectivity index (χ3v) is 4.48. The summed E-state index contributed by atoms with van der Waals surface area (Å²) < 4.78 is 6.45. The first-order chi connectivity index (χ1) is 10.7. The Kier molecular flexibility index (Phi) is 4.57. The summed E-state index contributed by atoms with van der Waals surface area (Å²) in [5, 5.41) is 4.07. The fourth-order valence-electron chi connectivity index (χ4n) is 2.78. The number of hydrogen-bond donors (Lipinski definition) is 0. The Balaban J connectivity index is 1.85. The number of likely N-dealkylation sites (tertiary alicyclic amines) is 1. The molecule has 1 aliphatic heterocycles. The molecular weight excluding hydrogens is 346 g/mol. The van der Waals surface area contributed by atoms with Gasteiger partial charge in [0, 0.05) is 23.0 Å². The van der Waals surface area contributed by atoms with E-state index in [1.54, 1.807) is 0 Å². The Morgan fingerprint density at radius 2 is 2.14 bits per heavy atom. The molecule has 1 amide bonds. The van der Waals surface area contributed by atoms with E-state index in [0.717, 1.165) is 35.8 Å². The van der Waals surface area contributed by atoms with Gasteiger partial charge in [-0.1, -0.05) is 28.0 Å². The molecular formula is C16H18BrN3O2. The van der Waals surface area contributed by atoms with Crippen molar-refractivity contribution >= 4 is 21.8 Å². The van der Waals surface area contributed by atoms with E-state index in [4.69, 9.17) is 4.52 Å². The highest BCUT2D eigenvalue weighted by Gasteiger charge is 2.31. The predicted molar refractivity (Wildman–Crippen MR) is 86.0 cm³/mol. The molecule has 0 radical (unpaired) electrons. The largest absolute Gasteiger partial charge is 0.337 e. The van der Waals surface area contributed by atoms with Crippen LogP contribution in [0.4, 0.5) is 0 Å². The predicted octanol–water partition coefficient (Wildman–Crippen LogP) is 3.96. The van der Waals surface area contributed by atoms with Gasteiger partial charge in [-0.2, -0.15) is 4.98 Å². The van der Waals surface area contributed by atoms with Crippen LogP contribution in [0.15, 0.2) is 33.3 Å². The number of hydrogen-bond acceptors (Lipinski definition) is 4. The highest BCUT2D eigenvalue weighted by molar-refractivity contribution is 9.10. The molecule has 2 heterocycles. The van der Waals surface area contributed by atoms with Crippen molar-refractivity contribution in [2.75, 3.05) is 6.54 Å². The second-order valence-corrected chi connectivity index (χ2v) is 6.33. The third-order valence-electron chi connectivity index (χ3n) is 3.95. The number of rotatable bonds is 3. The van der Waals surface area contributed by atoms with Crippen LogP contribution < -0.4 is 0 Å². The molecule has 1 saturated heterocycles. The molecule has 116 valence electrons. The Labute approximate surface area is 137 Å². The Morgan fingerprint density at radius 3 is 2.86 bits per heavy atom. The lowest BCUT2D eigenvalue weighted by Gasteiger charge is -2.33. The quantitative estimate of drug-likeness (QED) is 0.827. The van der Waals surface area contributed by atoms with Crippen molar-refractivity contribution in [1.29, 1.82) is 0 Å². The summed E-state index contributed by atoms with van der Waals surface area (Å²) in [6.45, 7) is 2.66. The second-order valence-electron chi connectivity index (χ2n) is 5.42. The highest BCUT2D eigenvalue weighted by Crippen LogP contribution is 2.31. The molecule has 22 heavy (non-hydrogen) atoms. The number of carbonyl (C=O) groups is 1. The summed E-state index contributed by atoms with van der Waals surface area (Å²) in [4.78, 5) is 18.5. The molecule has 1 atom stereocenters. The maximum Gasteiger partial charge on any atom is 0.249 e. The van der Waals surface area contributed by atoms with Crippen LogP contribution in [-0.4, -0.2) is 27.5 Å². The van der Waals surface area contributed by atoms with E-state index < -0.39 is 0 Å². The van der Waals surface area contributed by atoms with Gasteiger partial charge in [0.25, 0.3) is 0 Å². The number of benzene rings is 1. The highest BCUT2D eigenvalue weighted by atomic mass is 79.9. The van der Waals surface area contributed by atoms with Crippen molar-refractivity contribution in [3.8, 4) is 11.4 Å². The van der Waals surface area contributed by atoms with Crippen molar-refractivity contribution < 1.29 is 9.32 Å². The van der Waals surface area contributed by atoms with Gasteiger partial charge in [-0.3, -0.25) is 4.79 Å². The monoisotopic (exact) mass is 363 g/mol. The molecule has 0 N–H and O–H groups in total. The first-order valence-corrected chi connectivity index (χ1v) is 8.37. The maximum absolute atomic E-state index is 12.1. The minimum atomic E-state index is -0.0853. The van der Waals surface area contributed by atoms with Crippen molar-refractivity contribution in [1.82, 2.24) is 15.0 Å². The van der Waals surface area contributed by atoms with Crippen LogP contribution in [0.2, 0.25) is 0 Å². The molecule has 2 aromatic rings. The molecule has 6 heteroatoms. The topological polar surface area (TPSA) is 59.2 Å². The van der Waals surface area contributed by atoms with Gasteiger partial charge in [-0.25, -0.2) is 0 Å². The molecule has 1 unspecified atom stereocenters. The number of amides is 1. The van der Waals surface area contributed by atoms with Crippen LogP contribution in [0.3, 0.4) is 0 Å². The van der Waals surface area contributed by atoms with Gasteiger partial charge in [0.1, 0.15) is 6.04 Å². The summed E-state index contributed by atoms with van der Waals surface area (Å²) in [5.74, 6) is 1.25. The summed E-state index contributed by atoms with van der Waals surface area (Å²) >= 11 is 3.41. The van der Waals surface area contributed by atoms with Gasteiger partial charge in [0.15, 0.2) is 0 Å². The van der Waals surface area contributed by atoms with Crippen LogP contribution in [0, 0.1) is 0 Å². The van der Waals surface area contributed by atoms with Crippen molar-refractivity contribution in [2.24, 2.45) is 0 Å². The van der Waals surface area contributed by atoms with Gasteiger partial charge < -0.3 is 9.42 Å². The molecule has 0 bridgehead atoms. The van der Waals surface area contributed by atoms with E-state index in [-0.39, 0.29) is 11.9 Å². The maximum atomic E-state index is 12.1. The number of carbonyl (C=O) groups excluding carboxylic acids is 1. The van der Waals surface area contributed by atoms with Gasteiger partial charge in [0.2, 0.25) is 17.6 Å². The van der Waals surface area contributed by atoms with Gasteiger partial charge in [-0.15, -0.1) is 0 Å². The normalized spacial score (nSPS) is 18.5. The minimum absolute atomic E-state index is 0.0853. The van der Waals surface area contributed by atoms with E-state index in [2.05, 4.69) is 26.1 Å². The van der Waals surface area contributed by atoms with E-state index >= 15 is 0 Å². The van der Waals surface area contributed by atoms with Crippen LogP contribution in [0.1, 0.15) is 44.5 Å². The summed E-state index contributed by atoms with van der Waals surface area (Å²) in [6, 6.07) is 7.68. The van der Waals surface area contributed by atoms with Crippen LogP contribution in [0.5, 0.6) is 0 Å². The average Bonchev–Trinajstić information content (AvgIpc) is 3.04. The standard InChI is InChI=1S/C16H18BrN3O2/c1-2-14(21)20-10-4-3-5-13(20)16-18-15(19-22-16)11-6-8-12(17)9-7-11/h6-9,13H,2-5,10H2,1H3. The molecule has 0 spiro atoms. The zero-order valence-electron chi connectivity index (χ0n) is 12.5. The number of halogens is 1. The van der Waals surface area contributed by atoms with E-state index in [9.17, 15) is 4.79 Å². The van der Waals surface area contributed by atoms with Crippen LogP contribution in [0.25, 0.3) is 11.4 Å². The van der Waals surface area contributed by atoms with E-state index in [1.807, 2.05) is 36.1 Å². The fraction of sp³-hybridized carbons (Fsp3) is 0.438. The summed E-state index contributed by atoms with van der Waals surface area (Å²) in [7, 11) is 0. The molecule has 1 aromatic carbocycles.